The van der Waals surface area contributed by atoms with Crippen LogP contribution in [0.1, 0.15) is 6.92 Å². The summed E-state index contributed by atoms with van der Waals surface area (Å²) in [6.07, 6.45) is 1.61. The lowest BCUT2D eigenvalue weighted by molar-refractivity contribution is -0.118. The van der Waals surface area contributed by atoms with Gasteiger partial charge in [0, 0.05) is 11.6 Å². The number of nitrogens with two attached hydrogens (primary N) is 1. The molecule has 4 aromatic rings. The normalized spacial score (nSPS) is 11.2. The summed E-state index contributed by atoms with van der Waals surface area (Å²) in [5, 5.41) is 0.628. The molecule has 3 heterocycles. The summed E-state index contributed by atoms with van der Waals surface area (Å²) >= 11 is 1.17. The largest absolute Gasteiger partial charge is 0.492 e. The molecule has 0 fully saturated rings. The predicted molar refractivity (Wildman–Crippen MR) is 107 cm³/mol. The van der Waals surface area contributed by atoms with Gasteiger partial charge < -0.3 is 10.5 Å². The van der Waals surface area contributed by atoms with Crippen LogP contribution in [0.4, 0.5) is 0 Å². The Kier molecular flexibility index (Phi) is 4.44. The Morgan fingerprint density at radius 2 is 2.00 bits per heavy atom. The SMILES string of the molecule is CCOc1ccccc1-n1c(=O)c2sc3ncccc3c2n(CC(N)=O)c1=O. The third-order valence-corrected chi connectivity index (χ3v) is 5.34. The van der Waals surface area contributed by atoms with E-state index in [1.54, 1.807) is 42.6 Å². The number of carbonyl (C=O) groups is 1. The minimum absolute atomic E-state index is 0.310. The number of primary amides is 1. The quantitative estimate of drug-likeness (QED) is 0.552. The fraction of sp³-hybridized carbons (Fsp3) is 0.158. The molecule has 4 rings (SSSR count). The van der Waals surface area contributed by atoms with Crippen LogP contribution in [-0.4, -0.2) is 26.6 Å². The van der Waals surface area contributed by atoms with Crippen molar-refractivity contribution in [3.8, 4) is 11.4 Å². The first-order chi connectivity index (χ1) is 13.5. The van der Waals surface area contributed by atoms with Crippen LogP contribution < -0.4 is 21.7 Å². The van der Waals surface area contributed by atoms with E-state index in [1.165, 1.54) is 15.9 Å². The number of amides is 1. The molecule has 0 aliphatic rings. The van der Waals surface area contributed by atoms with Crippen LogP contribution in [0.2, 0.25) is 0 Å². The third-order valence-electron chi connectivity index (χ3n) is 4.25. The lowest BCUT2D eigenvalue weighted by Gasteiger charge is -2.14. The lowest BCUT2D eigenvalue weighted by Crippen LogP contribution is -2.40. The van der Waals surface area contributed by atoms with Crippen molar-refractivity contribution in [3.63, 3.8) is 0 Å². The summed E-state index contributed by atoms with van der Waals surface area (Å²) in [4.78, 5) is 43.1. The van der Waals surface area contributed by atoms with Crippen molar-refractivity contribution in [3.05, 3.63) is 63.4 Å². The molecule has 2 N–H and O–H groups in total. The molecule has 8 nitrogen and oxygen atoms in total. The van der Waals surface area contributed by atoms with E-state index < -0.39 is 17.2 Å². The second-order valence-electron chi connectivity index (χ2n) is 6.01. The van der Waals surface area contributed by atoms with Crippen LogP contribution in [0, 0.1) is 0 Å². The van der Waals surface area contributed by atoms with E-state index in [1.807, 2.05) is 6.92 Å². The van der Waals surface area contributed by atoms with Crippen LogP contribution in [0.3, 0.4) is 0 Å². The molecule has 0 spiro atoms. The van der Waals surface area contributed by atoms with E-state index in [0.717, 1.165) is 4.57 Å². The van der Waals surface area contributed by atoms with Crippen LogP contribution in [-0.2, 0) is 11.3 Å². The number of hydrogen-bond acceptors (Lipinski definition) is 6. The van der Waals surface area contributed by atoms with Crippen molar-refractivity contribution in [2.24, 2.45) is 5.73 Å². The average Bonchev–Trinajstić information content (AvgIpc) is 3.06. The summed E-state index contributed by atoms with van der Waals surface area (Å²) in [7, 11) is 0. The van der Waals surface area contributed by atoms with E-state index in [9.17, 15) is 14.4 Å². The van der Waals surface area contributed by atoms with E-state index in [0.29, 0.717) is 38.5 Å². The van der Waals surface area contributed by atoms with Gasteiger partial charge in [-0.25, -0.2) is 14.3 Å². The predicted octanol–water partition coefficient (Wildman–Crippen LogP) is 1.65. The molecule has 3 aromatic heterocycles. The fourth-order valence-corrected chi connectivity index (χ4v) is 4.25. The molecule has 0 radical (unpaired) electrons. The second-order valence-corrected chi connectivity index (χ2v) is 7.01. The van der Waals surface area contributed by atoms with Gasteiger partial charge in [-0.15, -0.1) is 11.3 Å². The Morgan fingerprint density at radius 1 is 1.21 bits per heavy atom. The molecule has 0 aliphatic carbocycles. The van der Waals surface area contributed by atoms with Gasteiger partial charge in [0.1, 0.15) is 21.8 Å². The first-order valence-electron chi connectivity index (χ1n) is 8.56. The topological polar surface area (TPSA) is 109 Å². The number of hydrogen-bond donors (Lipinski definition) is 1. The van der Waals surface area contributed by atoms with Gasteiger partial charge in [-0.3, -0.25) is 14.2 Å². The maximum absolute atomic E-state index is 13.3. The standard InChI is InChI=1S/C19H16N4O4S/c1-2-27-13-8-4-3-7-12(13)23-18(25)16-15(22(19(23)26)10-14(20)24)11-6-5-9-21-17(11)28-16/h3-9H,2,10H2,1H3,(H2,20,24). The Labute approximate surface area is 162 Å². The summed E-state index contributed by atoms with van der Waals surface area (Å²) < 4.78 is 8.15. The van der Waals surface area contributed by atoms with Crippen molar-refractivity contribution in [1.82, 2.24) is 14.1 Å². The molecule has 0 aliphatic heterocycles. The van der Waals surface area contributed by atoms with Crippen LogP contribution in [0.15, 0.2) is 52.2 Å². The number of para-hydroxylation sites is 2. The van der Waals surface area contributed by atoms with Gasteiger partial charge in [-0.1, -0.05) is 12.1 Å². The second kappa shape index (κ2) is 6.93. The molecule has 0 atom stereocenters. The zero-order valence-electron chi connectivity index (χ0n) is 14.9. The van der Waals surface area contributed by atoms with Crippen molar-refractivity contribution in [2.75, 3.05) is 6.61 Å². The zero-order valence-corrected chi connectivity index (χ0v) is 15.7. The molecule has 0 unspecified atom stereocenters. The smallest absolute Gasteiger partial charge is 0.336 e. The Balaban J connectivity index is 2.18. The number of rotatable bonds is 5. The zero-order chi connectivity index (χ0) is 19.8. The molecule has 1 amide bonds. The minimum atomic E-state index is -0.685. The highest BCUT2D eigenvalue weighted by molar-refractivity contribution is 7.25. The van der Waals surface area contributed by atoms with E-state index in [4.69, 9.17) is 10.5 Å². The molecule has 0 bridgehead atoms. The van der Waals surface area contributed by atoms with Crippen LogP contribution in [0.25, 0.3) is 26.1 Å². The number of nitrogens with zero attached hydrogens (tertiary/aromatic N) is 3. The van der Waals surface area contributed by atoms with Crippen molar-refractivity contribution in [2.45, 2.75) is 13.5 Å². The Morgan fingerprint density at radius 3 is 2.75 bits per heavy atom. The van der Waals surface area contributed by atoms with Crippen molar-refractivity contribution < 1.29 is 9.53 Å². The van der Waals surface area contributed by atoms with Gasteiger partial charge in [-0.05, 0) is 31.2 Å². The molecule has 0 saturated heterocycles. The minimum Gasteiger partial charge on any atom is -0.492 e. The molecule has 9 heteroatoms. The number of carbonyl (C=O) groups excluding carboxylic acids is 1. The first kappa shape index (κ1) is 17.9. The highest BCUT2D eigenvalue weighted by atomic mass is 32.1. The van der Waals surface area contributed by atoms with E-state index in [-0.39, 0.29) is 6.54 Å². The Bertz CT molecular complexity index is 1340. The van der Waals surface area contributed by atoms with E-state index >= 15 is 0 Å². The van der Waals surface area contributed by atoms with E-state index in [2.05, 4.69) is 4.98 Å². The van der Waals surface area contributed by atoms with Gasteiger partial charge in [-0.2, -0.15) is 0 Å². The van der Waals surface area contributed by atoms with Gasteiger partial charge in [0.05, 0.1) is 17.8 Å². The summed E-state index contributed by atoms with van der Waals surface area (Å²) in [6.45, 7) is 1.83. The number of pyridine rings is 1. The average molecular weight is 396 g/mol. The molecule has 142 valence electrons. The lowest BCUT2D eigenvalue weighted by atomic mass is 10.2. The summed E-state index contributed by atoms with van der Waals surface area (Å²) in [5.41, 5.74) is 4.91. The molecule has 0 saturated carbocycles. The van der Waals surface area contributed by atoms with Crippen molar-refractivity contribution in [1.29, 1.82) is 0 Å². The maximum Gasteiger partial charge on any atom is 0.336 e. The summed E-state index contributed by atoms with van der Waals surface area (Å²) in [5.74, 6) is -0.289. The summed E-state index contributed by atoms with van der Waals surface area (Å²) in [6, 6.07) is 10.2. The van der Waals surface area contributed by atoms with Gasteiger partial charge in [0.15, 0.2) is 0 Å². The van der Waals surface area contributed by atoms with Gasteiger partial charge in [0.25, 0.3) is 5.56 Å². The molecule has 1 aromatic carbocycles. The number of fused-ring (bicyclic) bond motifs is 3. The molecule has 28 heavy (non-hydrogen) atoms. The van der Waals surface area contributed by atoms with Gasteiger partial charge in [0.2, 0.25) is 5.91 Å². The number of ether oxygens (including phenoxy) is 1. The van der Waals surface area contributed by atoms with Crippen molar-refractivity contribution >= 4 is 37.7 Å². The number of benzene rings is 1. The number of aromatic nitrogens is 3. The monoisotopic (exact) mass is 396 g/mol. The molecular weight excluding hydrogens is 380 g/mol. The van der Waals surface area contributed by atoms with Crippen LogP contribution in [0.5, 0.6) is 5.75 Å². The molecular formula is C19H16N4O4S. The highest BCUT2D eigenvalue weighted by Crippen LogP contribution is 2.30. The van der Waals surface area contributed by atoms with Gasteiger partial charge >= 0.3 is 5.69 Å². The third kappa shape index (κ3) is 2.76. The van der Waals surface area contributed by atoms with Crippen LogP contribution >= 0.6 is 11.3 Å². The Hall–Kier alpha value is -3.46. The number of thiophene rings is 1. The maximum atomic E-state index is 13.3. The fourth-order valence-electron chi connectivity index (χ4n) is 3.17. The first-order valence-corrected chi connectivity index (χ1v) is 9.38. The highest BCUT2D eigenvalue weighted by Gasteiger charge is 2.22.